The first kappa shape index (κ1) is 14.1. The summed E-state index contributed by atoms with van der Waals surface area (Å²) in [6.45, 7) is 0. The van der Waals surface area contributed by atoms with Gasteiger partial charge in [-0.15, -0.1) is 4.91 Å². The zero-order valence-electron chi connectivity index (χ0n) is 10.6. The van der Waals surface area contributed by atoms with E-state index < -0.39 is 10.8 Å². The number of nitrogens with zero attached hydrogens (tertiary/aromatic N) is 2. The van der Waals surface area contributed by atoms with E-state index in [4.69, 9.17) is 0 Å². The molecule has 0 aliphatic carbocycles. The molecule has 0 fully saturated rings. The second-order valence-corrected chi connectivity index (χ2v) is 4.02. The normalized spacial score (nSPS) is 9.71. The minimum atomic E-state index is -0.574. The lowest BCUT2D eigenvalue weighted by molar-refractivity contribution is -0.384. The summed E-state index contributed by atoms with van der Waals surface area (Å²) in [5.41, 5.74) is 5.83. The number of benzene rings is 2. The number of anilines is 1. The van der Waals surface area contributed by atoms with Crippen molar-refractivity contribution < 1.29 is 9.72 Å². The summed E-state index contributed by atoms with van der Waals surface area (Å²) in [6.07, 6.45) is 0. The topological polar surface area (TPSA) is 114 Å². The quantitative estimate of drug-likeness (QED) is 0.498. The van der Waals surface area contributed by atoms with Gasteiger partial charge in [-0.3, -0.25) is 25.8 Å². The molecule has 8 heteroatoms. The van der Waals surface area contributed by atoms with Gasteiger partial charge in [0.1, 0.15) is 5.69 Å². The number of amides is 1. The maximum absolute atomic E-state index is 11.9. The Kier molecular flexibility index (Phi) is 4.20. The summed E-state index contributed by atoms with van der Waals surface area (Å²) in [5, 5.41) is 13.4. The molecule has 0 unspecified atom stereocenters. The van der Waals surface area contributed by atoms with E-state index in [2.05, 4.69) is 16.0 Å². The van der Waals surface area contributed by atoms with Crippen molar-refractivity contribution in [3.63, 3.8) is 0 Å². The number of hydrogen-bond acceptors (Lipinski definition) is 6. The van der Waals surface area contributed by atoms with Gasteiger partial charge in [0.15, 0.2) is 0 Å². The molecule has 2 rings (SSSR count). The largest absolute Gasteiger partial charge is 0.298 e. The van der Waals surface area contributed by atoms with Gasteiger partial charge in [-0.2, -0.15) is 0 Å². The van der Waals surface area contributed by atoms with Gasteiger partial charge in [0.25, 0.3) is 11.6 Å². The minimum Gasteiger partial charge on any atom is -0.298 e. The van der Waals surface area contributed by atoms with Crippen LogP contribution in [0.15, 0.2) is 53.7 Å². The lowest BCUT2D eigenvalue weighted by atomic mass is 10.2. The molecule has 8 nitrogen and oxygen atoms in total. The van der Waals surface area contributed by atoms with E-state index >= 15 is 0 Å². The second kappa shape index (κ2) is 6.24. The third kappa shape index (κ3) is 3.60. The van der Waals surface area contributed by atoms with Crippen LogP contribution >= 0.6 is 0 Å². The molecular formula is C13H10N4O4. The van der Waals surface area contributed by atoms with Gasteiger partial charge in [0.2, 0.25) is 0 Å². The van der Waals surface area contributed by atoms with Crippen LogP contribution in [0.25, 0.3) is 0 Å². The summed E-state index contributed by atoms with van der Waals surface area (Å²) in [6, 6.07) is 11.4. The highest BCUT2D eigenvalue weighted by Crippen LogP contribution is 2.15. The molecule has 0 bridgehead atoms. The first-order valence-corrected chi connectivity index (χ1v) is 5.84. The van der Waals surface area contributed by atoms with Gasteiger partial charge in [-0.05, 0) is 35.5 Å². The van der Waals surface area contributed by atoms with Crippen molar-refractivity contribution in [3.05, 3.63) is 69.1 Å². The monoisotopic (exact) mass is 286 g/mol. The molecule has 2 aromatic carbocycles. The third-order valence-electron chi connectivity index (χ3n) is 2.61. The number of nitro groups is 1. The van der Waals surface area contributed by atoms with Crippen molar-refractivity contribution in [1.82, 2.24) is 5.43 Å². The molecule has 106 valence electrons. The molecule has 1 amide bonds. The Morgan fingerprint density at radius 2 is 1.86 bits per heavy atom. The van der Waals surface area contributed by atoms with Crippen LogP contribution in [0.4, 0.5) is 17.1 Å². The Bertz CT molecular complexity index is 685. The van der Waals surface area contributed by atoms with E-state index in [1.54, 1.807) is 12.1 Å². The molecule has 2 N–H and O–H groups in total. The standard InChI is InChI=1S/C13H10N4O4/c18-13(9-2-1-3-12(8-9)17(20)21)15-14-10-4-6-11(16-19)7-5-10/h1-8,14H,(H,15,18). The Morgan fingerprint density at radius 1 is 1.14 bits per heavy atom. The first-order chi connectivity index (χ1) is 10.1. The predicted molar refractivity (Wildman–Crippen MR) is 76.1 cm³/mol. The molecule has 0 spiro atoms. The van der Waals surface area contributed by atoms with Crippen LogP contribution in [0.3, 0.4) is 0 Å². The fraction of sp³-hybridized carbons (Fsp3) is 0. The fourth-order valence-corrected chi connectivity index (χ4v) is 1.57. The molecule has 0 aliphatic heterocycles. The van der Waals surface area contributed by atoms with Crippen LogP contribution in [0.2, 0.25) is 0 Å². The van der Waals surface area contributed by atoms with E-state index in [-0.39, 0.29) is 16.9 Å². The van der Waals surface area contributed by atoms with E-state index in [1.807, 2.05) is 0 Å². The molecule has 0 atom stereocenters. The highest BCUT2D eigenvalue weighted by Gasteiger charge is 2.11. The number of hydrazine groups is 1. The highest BCUT2D eigenvalue weighted by atomic mass is 16.6. The van der Waals surface area contributed by atoms with E-state index in [0.717, 1.165) is 0 Å². The number of nitrogens with one attached hydrogen (secondary N) is 2. The maximum Gasteiger partial charge on any atom is 0.270 e. The molecule has 0 saturated carbocycles. The Balaban J connectivity index is 2.02. The van der Waals surface area contributed by atoms with Crippen molar-refractivity contribution in [2.45, 2.75) is 0 Å². The molecule has 0 radical (unpaired) electrons. The summed E-state index contributed by atoms with van der Waals surface area (Å²) in [5.74, 6) is -0.517. The van der Waals surface area contributed by atoms with Crippen LogP contribution in [-0.4, -0.2) is 10.8 Å². The lowest BCUT2D eigenvalue weighted by Crippen LogP contribution is -2.29. The van der Waals surface area contributed by atoms with Gasteiger partial charge < -0.3 is 0 Å². The molecule has 0 heterocycles. The van der Waals surface area contributed by atoms with E-state index in [0.29, 0.717) is 5.69 Å². The van der Waals surface area contributed by atoms with Crippen molar-refractivity contribution in [2.24, 2.45) is 5.18 Å². The van der Waals surface area contributed by atoms with Crippen molar-refractivity contribution >= 4 is 23.0 Å². The molecule has 21 heavy (non-hydrogen) atoms. The molecule has 0 aliphatic rings. The van der Waals surface area contributed by atoms with Crippen LogP contribution in [-0.2, 0) is 0 Å². The van der Waals surface area contributed by atoms with Gasteiger partial charge in [-0.1, -0.05) is 6.07 Å². The Hall–Kier alpha value is -3.29. The Morgan fingerprint density at radius 3 is 2.48 bits per heavy atom. The maximum atomic E-state index is 11.9. The molecular weight excluding hydrogens is 276 g/mol. The summed E-state index contributed by atoms with van der Waals surface area (Å²) < 4.78 is 0. The molecule has 0 saturated heterocycles. The summed E-state index contributed by atoms with van der Waals surface area (Å²) in [7, 11) is 0. The summed E-state index contributed by atoms with van der Waals surface area (Å²) >= 11 is 0. The van der Waals surface area contributed by atoms with E-state index in [1.165, 1.54) is 36.4 Å². The average molecular weight is 286 g/mol. The molecule has 2 aromatic rings. The Labute approximate surface area is 118 Å². The zero-order valence-corrected chi connectivity index (χ0v) is 10.6. The van der Waals surface area contributed by atoms with E-state index in [9.17, 15) is 19.8 Å². The zero-order chi connectivity index (χ0) is 15.2. The number of carbonyl (C=O) groups excluding carboxylic acids is 1. The third-order valence-corrected chi connectivity index (χ3v) is 2.61. The highest BCUT2D eigenvalue weighted by molar-refractivity contribution is 5.95. The average Bonchev–Trinajstić information content (AvgIpc) is 2.53. The minimum absolute atomic E-state index is 0.155. The first-order valence-electron chi connectivity index (χ1n) is 5.84. The fourth-order valence-electron chi connectivity index (χ4n) is 1.57. The van der Waals surface area contributed by atoms with Crippen LogP contribution in [0.1, 0.15) is 10.4 Å². The smallest absolute Gasteiger partial charge is 0.270 e. The van der Waals surface area contributed by atoms with Crippen LogP contribution in [0.5, 0.6) is 0 Å². The van der Waals surface area contributed by atoms with Gasteiger partial charge >= 0.3 is 0 Å². The SMILES string of the molecule is O=Nc1ccc(NNC(=O)c2cccc([N+](=O)[O-])c2)cc1. The summed E-state index contributed by atoms with van der Waals surface area (Å²) in [4.78, 5) is 32.2. The van der Waals surface area contributed by atoms with Crippen molar-refractivity contribution in [3.8, 4) is 0 Å². The van der Waals surface area contributed by atoms with Gasteiger partial charge in [-0.25, -0.2) is 0 Å². The number of carbonyl (C=O) groups is 1. The molecule has 0 aromatic heterocycles. The van der Waals surface area contributed by atoms with Gasteiger partial charge in [0.05, 0.1) is 10.6 Å². The number of non-ortho nitro benzene ring substituents is 1. The number of hydrogen-bond donors (Lipinski definition) is 2. The predicted octanol–water partition coefficient (Wildman–Crippen LogP) is 2.75. The van der Waals surface area contributed by atoms with Crippen LogP contribution < -0.4 is 10.9 Å². The number of nitro benzene ring substituents is 1. The lowest BCUT2D eigenvalue weighted by Gasteiger charge is -2.08. The number of rotatable bonds is 5. The van der Waals surface area contributed by atoms with Crippen molar-refractivity contribution in [1.29, 1.82) is 0 Å². The number of nitroso groups, excluding NO2 is 1. The van der Waals surface area contributed by atoms with Crippen LogP contribution in [0, 0.1) is 15.0 Å². The van der Waals surface area contributed by atoms with Crippen molar-refractivity contribution in [2.75, 3.05) is 5.43 Å². The second-order valence-electron chi connectivity index (χ2n) is 4.02. The van der Waals surface area contributed by atoms with Gasteiger partial charge in [0, 0.05) is 17.7 Å².